The van der Waals surface area contributed by atoms with Crippen molar-refractivity contribution in [2.45, 2.75) is 6.18 Å². The molecule has 0 aliphatic heterocycles. The van der Waals surface area contributed by atoms with E-state index in [1.165, 1.54) is 4.90 Å². The molecule has 0 spiro atoms. The van der Waals surface area contributed by atoms with Crippen molar-refractivity contribution < 1.29 is 13.2 Å². The fourth-order valence-electron chi connectivity index (χ4n) is 1.77. The van der Waals surface area contributed by atoms with Gasteiger partial charge in [-0.1, -0.05) is 30.3 Å². The van der Waals surface area contributed by atoms with Crippen molar-refractivity contribution in [3.8, 4) is 11.3 Å². The summed E-state index contributed by atoms with van der Waals surface area (Å²) in [5.41, 5.74) is 0.168. The van der Waals surface area contributed by atoms with Gasteiger partial charge in [-0.05, 0) is 0 Å². The molecule has 6 heteroatoms. The third-order valence-corrected chi connectivity index (χ3v) is 2.52. The van der Waals surface area contributed by atoms with Gasteiger partial charge in [0.2, 0.25) is 0 Å². The van der Waals surface area contributed by atoms with Crippen molar-refractivity contribution in [3.63, 3.8) is 0 Å². The lowest BCUT2D eigenvalue weighted by molar-refractivity contribution is -0.140. The zero-order chi connectivity index (χ0) is 13.3. The van der Waals surface area contributed by atoms with Crippen LogP contribution in [0, 0.1) is 0 Å². The standard InChI is InChI=1S/C12H12F3N3/c1-18(2)10-9(8-6-4-3-5-7-8)16-17-11(10)12(13,14)15/h3-7H,1-2H3,(H,16,17). The highest BCUT2D eigenvalue weighted by atomic mass is 19.4. The number of anilines is 1. The van der Waals surface area contributed by atoms with Gasteiger partial charge in [-0.3, -0.25) is 5.10 Å². The molecular weight excluding hydrogens is 243 g/mol. The fourth-order valence-corrected chi connectivity index (χ4v) is 1.77. The molecule has 0 radical (unpaired) electrons. The number of alkyl halides is 3. The van der Waals surface area contributed by atoms with E-state index in [9.17, 15) is 13.2 Å². The maximum absolute atomic E-state index is 12.8. The number of benzene rings is 1. The second-order valence-electron chi connectivity index (χ2n) is 4.05. The lowest BCUT2D eigenvalue weighted by Gasteiger charge is -2.16. The molecule has 0 saturated heterocycles. The first-order valence-electron chi connectivity index (χ1n) is 5.29. The van der Waals surface area contributed by atoms with Gasteiger partial charge in [0.25, 0.3) is 0 Å². The SMILES string of the molecule is CN(C)c1c(-c2ccccc2)n[nH]c1C(F)(F)F. The third kappa shape index (κ3) is 2.18. The highest BCUT2D eigenvalue weighted by molar-refractivity contribution is 5.77. The normalized spacial score (nSPS) is 11.6. The van der Waals surface area contributed by atoms with Gasteiger partial charge in [-0.2, -0.15) is 18.3 Å². The number of halogens is 3. The fraction of sp³-hybridized carbons (Fsp3) is 0.250. The van der Waals surface area contributed by atoms with Crippen LogP contribution in [0.25, 0.3) is 11.3 Å². The number of nitrogens with one attached hydrogen (secondary N) is 1. The maximum Gasteiger partial charge on any atom is 0.434 e. The number of H-pyrrole nitrogens is 1. The van der Waals surface area contributed by atoms with Crippen LogP contribution in [0.2, 0.25) is 0 Å². The predicted octanol–water partition coefficient (Wildman–Crippen LogP) is 3.16. The molecule has 1 aromatic carbocycles. The van der Waals surface area contributed by atoms with Crippen LogP contribution in [0.3, 0.4) is 0 Å². The summed E-state index contributed by atoms with van der Waals surface area (Å²) >= 11 is 0. The molecule has 2 rings (SSSR count). The summed E-state index contributed by atoms with van der Waals surface area (Å²) in [6.45, 7) is 0. The molecule has 0 bridgehead atoms. The van der Waals surface area contributed by atoms with Crippen LogP contribution < -0.4 is 4.90 Å². The number of aromatic nitrogens is 2. The summed E-state index contributed by atoms with van der Waals surface area (Å²) < 4.78 is 38.5. The largest absolute Gasteiger partial charge is 0.434 e. The van der Waals surface area contributed by atoms with E-state index in [0.29, 0.717) is 11.3 Å². The van der Waals surface area contributed by atoms with E-state index in [1.54, 1.807) is 44.4 Å². The van der Waals surface area contributed by atoms with Crippen molar-refractivity contribution in [2.75, 3.05) is 19.0 Å². The molecule has 3 nitrogen and oxygen atoms in total. The number of hydrogen-bond donors (Lipinski definition) is 1. The Hall–Kier alpha value is -1.98. The van der Waals surface area contributed by atoms with E-state index >= 15 is 0 Å². The van der Waals surface area contributed by atoms with Gasteiger partial charge in [-0.15, -0.1) is 0 Å². The van der Waals surface area contributed by atoms with Crippen molar-refractivity contribution in [1.82, 2.24) is 10.2 Å². The van der Waals surface area contributed by atoms with Gasteiger partial charge in [0.15, 0.2) is 5.69 Å². The summed E-state index contributed by atoms with van der Waals surface area (Å²) in [5, 5.41) is 5.86. The van der Waals surface area contributed by atoms with E-state index in [0.717, 1.165) is 0 Å². The van der Waals surface area contributed by atoms with Gasteiger partial charge >= 0.3 is 6.18 Å². The number of aromatic amines is 1. The minimum absolute atomic E-state index is 0.0497. The summed E-state index contributed by atoms with van der Waals surface area (Å²) in [6.07, 6.45) is -4.44. The zero-order valence-corrected chi connectivity index (χ0v) is 9.92. The first-order chi connectivity index (χ1) is 8.41. The lowest BCUT2D eigenvalue weighted by atomic mass is 10.1. The Morgan fingerprint density at radius 2 is 1.72 bits per heavy atom. The Labute approximate surface area is 102 Å². The van der Waals surface area contributed by atoms with E-state index in [-0.39, 0.29) is 5.69 Å². The Kier molecular flexibility index (Phi) is 3.02. The van der Waals surface area contributed by atoms with Crippen molar-refractivity contribution in [1.29, 1.82) is 0 Å². The zero-order valence-electron chi connectivity index (χ0n) is 9.92. The van der Waals surface area contributed by atoms with Crippen LogP contribution in [-0.4, -0.2) is 24.3 Å². The highest BCUT2D eigenvalue weighted by Crippen LogP contribution is 2.39. The van der Waals surface area contributed by atoms with Crippen LogP contribution in [-0.2, 0) is 6.18 Å². The van der Waals surface area contributed by atoms with Crippen LogP contribution in [0.4, 0.5) is 18.9 Å². The third-order valence-electron chi connectivity index (χ3n) is 2.52. The predicted molar refractivity (Wildman–Crippen MR) is 63.4 cm³/mol. The Morgan fingerprint density at radius 3 is 2.22 bits per heavy atom. The molecule has 0 atom stereocenters. The molecule has 18 heavy (non-hydrogen) atoms. The molecule has 1 aromatic heterocycles. The average Bonchev–Trinajstić information content (AvgIpc) is 2.74. The van der Waals surface area contributed by atoms with E-state index < -0.39 is 11.9 Å². The van der Waals surface area contributed by atoms with Gasteiger partial charge in [0.1, 0.15) is 5.69 Å². The van der Waals surface area contributed by atoms with E-state index in [4.69, 9.17) is 0 Å². The number of hydrogen-bond acceptors (Lipinski definition) is 2. The molecule has 0 fully saturated rings. The molecule has 96 valence electrons. The van der Waals surface area contributed by atoms with Crippen LogP contribution in [0.15, 0.2) is 30.3 Å². The summed E-state index contributed by atoms with van der Waals surface area (Å²) in [6, 6.07) is 8.77. The van der Waals surface area contributed by atoms with E-state index in [2.05, 4.69) is 10.2 Å². The van der Waals surface area contributed by atoms with Crippen molar-refractivity contribution in [2.24, 2.45) is 0 Å². The Balaban J connectivity index is 2.60. The number of nitrogens with zero attached hydrogens (tertiary/aromatic N) is 2. The summed E-state index contributed by atoms with van der Waals surface area (Å²) in [5.74, 6) is 0. The van der Waals surface area contributed by atoms with Crippen LogP contribution >= 0.6 is 0 Å². The molecule has 1 heterocycles. The summed E-state index contributed by atoms with van der Waals surface area (Å²) in [7, 11) is 3.12. The molecule has 0 aliphatic rings. The van der Waals surface area contributed by atoms with Crippen LogP contribution in [0.1, 0.15) is 5.69 Å². The van der Waals surface area contributed by atoms with Gasteiger partial charge in [0, 0.05) is 19.7 Å². The quantitative estimate of drug-likeness (QED) is 0.893. The smallest absolute Gasteiger partial charge is 0.374 e. The van der Waals surface area contributed by atoms with Crippen LogP contribution in [0.5, 0.6) is 0 Å². The van der Waals surface area contributed by atoms with Gasteiger partial charge in [0.05, 0.1) is 5.69 Å². The molecule has 1 N–H and O–H groups in total. The Bertz CT molecular complexity index is 529. The van der Waals surface area contributed by atoms with Crippen molar-refractivity contribution in [3.05, 3.63) is 36.0 Å². The summed E-state index contributed by atoms with van der Waals surface area (Å²) in [4.78, 5) is 1.41. The molecule has 0 unspecified atom stereocenters. The molecule has 2 aromatic rings. The molecule has 0 amide bonds. The van der Waals surface area contributed by atoms with Gasteiger partial charge in [-0.25, -0.2) is 0 Å². The second kappa shape index (κ2) is 4.36. The van der Waals surface area contributed by atoms with Crippen molar-refractivity contribution >= 4 is 5.69 Å². The minimum atomic E-state index is -4.44. The maximum atomic E-state index is 12.8. The topological polar surface area (TPSA) is 31.9 Å². The first-order valence-corrected chi connectivity index (χ1v) is 5.29. The molecular formula is C12H12F3N3. The first kappa shape index (κ1) is 12.5. The van der Waals surface area contributed by atoms with E-state index in [1.807, 2.05) is 0 Å². The number of rotatable bonds is 2. The Morgan fingerprint density at radius 1 is 1.11 bits per heavy atom. The monoisotopic (exact) mass is 255 g/mol. The minimum Gasteiger partial charge on any atom is -0.374 e. The molecule has 0 saturated carbocycles. The average molecular weight is 255 g/mol. The lowest BCUT2D eigenvalue weighted by Crippen LogP contribution is -2.16. The highest BCUT2D eigenvalue weighted by Gasteiger charge is 2.38. The van der Waals surface area contributed by atoms with Gasteiger partial charge < -0.3 is 4.90 Å². The second-order valence-corrected chi connectivity index (χ2v) is 4.05. The molecule has 0 aliphatic carbocycles.